The fourth-order valence-electron chi connectivity index (χ4n) is 9.98. The van der Waals surface area contributed by atoms with Gasteiger partial charge in [-0.3, -0.25) is 19.2 Å². The van der Waals surface area contributed by atoms with Gasteiger partial charge in [-0.2, -0.15) is 4.98 Å². The third-order valence-electron chi connectivity index (χ3n) is 13.5. The highest BCUT2D eigenvalue weighted by atomic mass is 35.5. The second kappa shape index (κ2) is 18.8. The van der Waals surface area contributed by atoms with Gasteiger partial charge in [-0.05, 0) is 113 Å². The number of hydrogen-bond donors (Lipinski definition) is 3. The molecule has 17 heteroatoms. The van der Waals surface area contributed by atoms with Crippen LogP contribution in [0.5, 0.6) is 5.75 Å². The van der Waals surface area contributed by atoms with E-state index in [2.05, 4.69) is 43.7 Å². The fraction of sp³-hybridized carbons (Fsp3) is 0.511. The quantitative estimate of drug-likeness (QED) is 0.124. The molecular weight excluding hydrogens is 838 g/mol. The summed E-state index contributed by atoms with van der Waals surface area (Å²) < 4.78 is 14.0. The Kier molecular flexibility index (Phi) is 13.2. The molecule has 4 aromatic rings. The van der Waals surface area contributed by atoms with Gasteiger partial charge in [0.15, 0.2) is 18.2 Å². The number of fused-ring (bicyclic) bond motifs is 2. The Morgan fingerprint density at radius 2 is 1.72 bits per heavy atom. The van der Waals surface area contributed by atoms with Gasteiger partial charge in [-0.25, -0.2) is 4.98 Å². The summed E-state index contributed by atoms with van der Waals surface area (Å²) in [4.78, 5) is 77.9. The van der Waals surface area contributed by atoms with Crippen molar-refractivity contribution < 1.29 is 28.7 Å². The maximum atomic E-state index is 13.4. The summed E-state index contributed by atoms with van der Waals surface area (Å²) in [6, 6.07) is 10.4. The number of carbonyl (C=O) groups excluding carboxylic acids is 4. The summed E-state index contributed by atoms with van der Waals surface area (Å²) in [5.41, 5.74) is 5.25. The number of nitrogens with zero attached hydrogens (tertiary/aromatic N) is 6. The number of anilines is 4. The maximum absolute atomic E-state index is 13.4. The third-order valence-corrected chi connectivity index (χ3v) is 13.8. The largest absolute Gasteiger partial charge is 0.478 e. The summed E-state index contributed by atoms with van der Waals surface area (Å²) in [5.74, 6) is 0.408. The van der Waals surface area contributed by atoms with Gasteiger partial charge in [0.05, 0.1) is 23.9 Å². The minimum atomic E-state index is -0.677. The van der Waals surface area contributed by atoms with E-state index in [9.17, 15) is 24.0 Å². The molecule has 0 bridgehead atoms. The minimum Gasteiger partial charge on any atom is -0.478 e. The first-order valence-electron chi connectivity index (χ1n) is 22.4. The van der Waals surface area contributed by atoms with Crippen LogP contribution in [0.2, 0.25) is 5.02 Å². The van der Waals surface area contributed by atoms with Crippen LogP contribution in [0.15, 0.2) is 47.4 Å². The minimum absolute atomic E-state index is 0.0930. The van der Waals surface area contributed by atoms with Crippen molar-refractivity contribution >= 4 is 69.7 Å². The summed E-state index contributed by atoms with van der Waals surface area (Å²) in [7, 11) is 3.07. The number of rotatable bonds is 15. The lowest BCUT2D eigenvalue weighted by molar-refractivity contribution is -0.125. The van der Waals surface area contributed by atoms with Crippen LogP contribution in [0.1, 0.15) is 92.7 Å². The average Bonchev–Trinajstić information content (AvgIpc) is 3.62. The zero-order valence-corrected chi connectivity index (χ0v) is 38.0. The fourth-order valence-corrected chi connectivity index (χ4v) is 10.1. The van der Waals surface area contributed by atoms with Gasteiger partial charge in [0.1, 0.15) is 17.4 Å². The molecule has 8 rings (SSSR count). The summed E-state index contributed by atoms with van der Waals surface area (Å²) in [5, 5.41) is 9.63. The molecule has 64 heavy (non-hydrogen) atoms. The normalized spacial score (nSPS) is 18.0. The molecule has 3 fully saturated rings. The zero-order chi connectivity index (χ0) is 45.3. The molecule has 3 aliphatic heterocycles. The Morgan fingerprint density at radius 1 is 0.984 bits per heavy atom. The number of piperidine rings is 1. The molecule has 1 saturated carbocycles. The first-order chi connectivity index (χ1) is 30.8. The lowest BCUT2D eigenvalue weighted by Crippen LogP contribution is -2.58. The molecule has 5 heterocycles. The molecule has 2 aromatic carbocycles. The number of nitrogens with one attached hydrogen (secondary N) is 3. The van der Waals surface area contributed by atoms with Gasteiger partial charge in [-0.15, -0.1) is 0 Å². The Morgan fingerprint density at radius 3 is 2.41 bits per heavy atom. The Labute approximate surface area is 378 Å². The van der Waals surface area contributed by atoms with Crippen molar-refractivity contribution in [3.05, 3.63) is 74.7 Å². The molecule has 3 amide bonds. The number of benzene rings is 2. The van der Waals surface area contributed by atoms with E-state index in [0.29, 0.717) is 41.0 Å². The van der Waals surface area contributed by atoms with E-state index in [1.54, 1.807) is 28.8 Å². The van der Waals surface area contributed by atoms with E-state index in [4.69, 9.17) is 26.1 Å². The van der Waals surface area contributed by atoms with Crippen LogP contribution in [-0.4, -0.2) is 109 Å². The first-order valence-corrected chi connectivity index (χ1v) is 22.8. The smallest absolute Gasteiger partial charge is 0.293 e. The van der Waals surface area contributed by atoms with Crippen LogP contribution >= 0.6 is 11.6 Å². The highest BCUT2D eigenvalue weighted by Gasteiger charge is 2.47. The SMILES string of the molecule is CNC(=O)COc1cc2cc(Nc3nc(N4CCC(OC5CCC6(CC5)CN(c5ccc7c(c5C)CN(C(CCC=O)C(=O)NC)C7=O)C6)CC4)ncc3Cl)ccc2n(C(C)C)c1=O. The standard InChI is InChI=1S/C47H58ClN9O7/c1-28(2)57-38-10-8-31(21-30(38)22-40(45(57)62)63-25-41(59)49-4)52-42-36(48)23-51-46(53-42)54-18-14-33(15-19-54)64-32-12-16-47(17-13-32)26-55(27-47)37-11-9-34-35(29(37)3)24-56(44(34)61)39(7-6-20-58)43(60)50-5/h8-11,20-23,28,32-33,39H,6-7,12-19,24-27H2,1-5H3,(H,49,59)(H,50,60)(H,51,52,53). The third kappa shape index (κ3) is 8.99. The number of likely N-dealkylation sites (N-methyl/N-ethyl adjacent to an activating group) is 2. The van der Waals surface area contributed by atoms with Crippen LogP contribution in [0, 0.1) is 12.3 Å². The maximum Gasteiger partial charge on any atom is 0.293 e. The zero-order valence-electron chi connectivity index (χ0n) is 37.2. The number of hydrogen-bond acceptors (Lipinski definition) is 12. The van der Waals surface area contributed by atoms with Crippen molar-refractivity contribution in [1.29, 1.82) is 0 Å². The predicted octanol–water partition coefficient (Wildman–Crippen LogP) is 5.69. The number of aromatic nitrogens is 3. The van der Waals surface area contributed by atoms with Gasteiger partial charge in [0.25, 0.3) is 17.4 Å². The van der Waals surface area contributed by atoms with Gasteiger partial charge < -0.3 is 49.5 Å². The average molecular weight is 896 g/mol. The second-order valence-corrected chi connectivity index (χ2v) is 18.3. The lowest BCUT2D eigenvalue weighted by atomic mass is 9.67. The molecule has 1 aliphatic carbocycles. The molecule has 16 nitrogen and oxygen atoms in total. The Hall–Kier alpha value is -5.74. The van der Waals surface area contributed by atoms with Crippen molar-refractivity contribution in [3.63, 3.8) is 0 Å². The van der Waals surface area contributed by atoms with Crippen LogP contribution < -0.4 is 36.0 Å². The van der Waals surface area contributed by atoms with Gasteiger partial charge in [-0.1, -0.05) is 11.6 Å². The second-order valence-electron chi connectivity index (χ2n) is 17.9. The molecule has 1 atom stereocenters. The molecule has 2 saturated heterocycles. The first kappa shape index (κ1) is 44.9. The van der Waals surface area contributed by atoms with E-state index in [1.807, 2.05) is 38.1 Å². The Bertz CT molecular complexity index is 2490. The number of aldehydes is 1. The van der Waals surface area contributed by atoms with Crippen molar-refractivity contribution in [2.24, 2.45) is 5.41 Å². The number of amides is 3. The summed E-state index contributed by atoms with van der Waals surface area (Å²) in [6.45, 7) is 9.50. The summed E-state index contributed by atoms with van der Waals surface area (Å²) >= 11 is 6.61. The highest BCUT2D eigenvalue weighted by Crippen LogP contribution is 2.48. The molecule has 0 radical (unpaired) electrons. The number of carbonyl (C=O) groups is 4. The number of ether oxygens (including phenoxy) is 2. The van der Waals surface area contributed by atoms with E-state index >= 15 is 0 Å². The van der Waals surface area contributed by atoms with E-state index < -0.39 is 6.04 Å². The summed E-state index contributed by atoms with van der Waals surface area (Å²) in [6.07, 6.45) is 9.36. The lowest BCUT2D eigenvalue weighted by Gasteiger charge is -2.55. The van der Waals surface area contributed by atoms with Crippen LogP contribution in [0.25, 0.3) is 10.9 Å². The Balaban J connectivity index is 0.831. The van der Waals surface area contributed by atoms with Crippen molar-refractivity contribution in [1.82, 2.24) is 30.1 Å². The molecular formula is C47H58ClN9O7. The van der Waals surface area contributed by atoms with E-state index in [-0.39, 0.29) is 65.7 Å². The molecule has 3 N–H and O–H groups in total. The topological polar surface area (TPSA) is 180 Å². The van der Waals surface area contributed by atoms with Crippen molar-refractivity contribution in [3.8, 4) is 5.75 Å². The van der Waals surface area contributed by atoms with E-state index in [1.165, 1.54) is 7.05 Å². The molecule has 2 aromatic heterocycles. The molecule has 1 unspecified atom stereocenters. The molecule has 1 spiro atoms. The highest BCUT2D eigenvalue weighted by molar-refractivity contribution is 6.33. The van der Waals surface area contributed by atoms with Crippen LogP contribution in [0.3, 0.4) is 0 Å². The van der Waals surface area contributed by atoms with Crippen LogP contribution in [0.4, 0.5) is 23.1 Å². The number of pyridine rings is 1. The van der Waals surface area contributed by atoms with Gasteiger partial charge >= 0.3 is 0 Å². The monoisotopic (exact) mass is 895 g/mol. The van der Waals surface area contributed by atoms with Gasteiger partial charge in [0, 0.05) is 87.0 Å². The van der Waals surface area contributed by atoms with Gasteiger partial charge in [0.2, 0.25) is 11.9 Å². The van der Waals surface area contributed by atoms with Crippen LogP contribution in [-0.2, 0) is 25.7 Å². The van der Waals surface area contributed by atoms with E-state index in [0.717, 1.165) is 98.7 Å². The van der Waals surface area contributed by atoms with Crippen molar-refractivity contribution in [2.75, 3.05) is 62.0 Å². The predicted molar refractivity (Wildman–Crippen MR) is 246 cm³/mol. The molecule has 340 valence electrons. The van der Waals surface area contributed by atoms with Crippen molar-refractivity contribution in [2.45, 2.75) is 103 Å². The molecule has 4 aliphatic rings. The number of halogens is 1.